The summed E-state index contributed by atoms with van der Waals surface area (Å²) in [5, 5.41) is 9.38. The van der Waals surface area contributed by atoms with Gasteiger partial charge in [-0.3, -0.25) is 0 Å². The lowest BCUT2D eigenvalue weighted by Gasteiger charge is -2.10. The first kappa shape index (κ1) is 13.3. The Labute approximate surface area is 125 Å². The summed E-state index contributed by atoms with van der Waals surface area (Å²) < 4.78 is 1.67. The van der Waals surface area contributed by atoms with Gasteiger partial charge in [0, 0.05) is 11.1 Å². The Morgan fingerprint density at radius 2 is 2.10 bits per heavy atom. The molecule has 0 saturated carbocycles. The molecule has 0 spiro atoms. The molecule has 0 aliphatic carbocycles. The summed E-state index contributed by atoms with van der Waals surface area (Å²) in [4.78, 5) is 10.1. The highest BCUT2D eigenvalue weighted by Gasteiger charge is 2.14. The lowest BCUT2D eigenvalue weighted by Crippen LogP contribution is -2.07. The van der Waals surface area contributed by atoms with Crippen LogP contribution in [0, 0.1) is 13.8 Å². The van der Waals surface area contributed by atoms with Gasteiger partial charge in [-0.05, 0) is 32.9 Å². The van der Waals surface area contributed by atoms with Crippen LogP contribution in [0.5, 0.6) is 0 Å². The molecular weight excluding hydrogens is 294 g/mol. The molecule has 1 N–H and O–H groups in total. The van der Waals surface area contributed by atoms with E-state index in [-0.39, 0.29) is 6.04 Å². The Hall–Kier alpha value is -1.66. The molecule has 3 heterocycles. The Balaban J connectivity index is 1.87. The second-order valence-electron chi connectivity index (χ2n) is 4.63. The van der Waals surface area contributed by atoms with E-state index >= 15 is 0 Å². The SMILES string of the molecule is Cc1nc(C)c(C(C)Nc2nc3ccc(Cl)cn3n2)s1. The van der Waals surface area contributed by atoms with Crippen LogP contribution in [0.15, 0.2) is 18.3 Å². The van der Waals surface area contributed by atoms with Gasteiger partial charge >= 0.3 is 0 Å². The quantitative estimate of drug-likeness (QED) is 0.803. The number of pyridine rings is 1. The van der Waals surface area contributed by atoms with Gasteiger partial charge in [0.2, 0.25) is 5.95 Å². The lowest BCUT2D eigenvalue weighted by atomic mass is 10.2. The predicted molar refractivity (Wildman–Crippen MR) is 81.6 cm³/mol. The van der Waals surface area contributed by atoms with Gasteiger partial charge in [0.15, 0.2) is 5.65 Å². The highest BCUT2D eigenvalue weighted by Crippen LogP contribution is 2.26. The van der Waals surface area contributed by atoms with Crippen LogP contribution in [0.4, 0.5) is 5.95 Å². The third-order valence-corrected chi connectivity index (χ3v) is 4.45. The zero-order chi connectivity index (χ0) is 14.3. The monoisotopic (exact) mass is 307 g/mol. The first-order chi connectivity index (χ1) is 9.52. The smallest absolute Gasteiger partial charge is 0.243 e. The van der Waals surface area contributed by atoms with Gasteiger partial charge in [0.05, 0.1) is 21.8 Å². The molecule has 104 valence electrons. The average molecular weight is 308 g/mol. The number of nitrogens with one attached hydrogen (secondary N) is 1. The lowest BCUT2D eigenvalue weighted by molar-refractivity contribution is 0.857. The van der Waals surface area contributed by atoms with Crippen LogP contribution in [0.3, 0.4) is 0 Å². The van der Waals surface area contributed by atoms with Crippen molar-refractivity contribution in [3.05, 3.63) is 38.9 Å². The zero-order valence-electron chi connectivity index (χ0n) is 11.4. The number of fused-ring (bicyclic) bond motifs is 1. The van der Waals surface area contributed by atoms with Crippen LogP contribution in [0.2, 0.25) is 5.02 Å². The van der Waals surface area contributed by atoms with Crippen molar-refractivity contribution in [2.75, 3.05) is 5.32 Å². The third kappa shape index (κ3) is 2.48. The van der Waals surface area contributed by atoms with Crippen molar-refractivity contribution in [1.82, 2.24) is 19.6 Å². The van der Waals surface area contributed by atoms with Crippen LogP contribution in [0.25, 0.3) is 5.65 Å². The van der Waals surface area contributed by atoms with E-state index < -0.39 is 0 Å². The molecule has 5 nitrogen and oxygen atoms in total. The second-order valence-corrected chi connectivity index (χ2v) is 6.31. The number of hydrogen-bond acceptors (Lipinski definition) is 5. The first-order valence-corrected chi connectivity index (χ1v) is 7.45. The number of halogens is 1. The number of aryl methyl sites for hydroxylation is 2. The summed E-state index contributed by atoms with van der Waals surface area (Å²) in [5.74, 6) is 0.588. The number of anilines is 1. The van der Waals surface area contributed by atoms with Crippen molar-refractivity contribution in [3.63, 3.8) is 0 Å². The highest BCUT2D eigenvalue weighted by molar-refractivity contribution is 7.11. The second kappa shape index (κ2) is 5.03. The molecule has 20 heavy (non-hydrogen) atoms. The molecule has 0 aliphatic rings. The van der Waals surface area contributed by atoms with Crippen LogP contribution in [0.1, 0.15) is 28.5 Å². The van der Waals surface area contributed by atoms with Gasteiger partial charge in [-0.1, -0.05) is 11.6 Å². The minimum absolute atomic E-state index is 0.120. The molecule has 3 aromatic rings. The number of nitrogens with zero attached hydrogens (tertiary/aromatic N) is 4. The Kier molecular flexibility index (Phi) is 3.35. The predicted octanol–water partition coefficient (Wildman–Crippen LogP) is 3.63. The Morgan fingerprint density at radius 3 is 2.80 bits per heavy atom. The van der Waals surface area contributed by atoms with Gasteiger partial charge in [-0.15, -0.1) is 16.4 Å². The molecule has 0 bridgehead atoms. The summed E-state index contributed by atoms with van der Waals surface area (Å²) in [6.07, 6.45) is 1.74. The van der Waals surface area contributed by atoms with Crippen molar-refractivity contribution < 1.29 is 0 Å². The fourth-order valence-electron chi connectivity index (χ4n) is 2.13. The molecule has 0 radical (unpaired) electrons. The number of hydrogen-bond donors (Lipinski definition) is 1. The molecular formula is C13H14ClN5S. The summed E-state index contributed by atoms with van der Waals surface area (Å²) in [5.41, 5.74) is 1.82. The topological polar surface area (TPSA) is 55.1 Å². The van der Waals surface area contributed by atoms with Crippen molar-refractivity contribution in [2.24, 2.45) is 0 Å². The fourth-order valence-corrected chi connectivity index (χ4v) is 3.21. The third-order valence-electron chi connectivity index (χ3n) is 2.97. The minimum Gasteiger partial charge on any atom is -0.346 e. The van der Waals surface area contributed by atoms with E-state index in [1.807, 2.05) is 19.9 Å². The Morgan fingerprint density at radius 1 is 1.30 bits per heavy atom. The first-order valence-electron chi connectivity index (χ1n) is 6.25. The van der Waals surface area contributed by atoms with E-state index in [9.17, 15) is 0 Å². The van der Waals surface area contributed by atoms with E-state index in [1.165, 1.54) is 4.88 Å². The molecule has 0 aromatic carbocycles. The van der Waals surface area contributed by atoms with Crippen molar-refractivity contribution in [1.29, 1.82) is 0 Å². The molecule has 0 fully saturated rings. The number of thiazole rings is 1. The molecule has 0 amide bonds. The Bertz CT molecular complexity index is 763. The maximum absolute atomic E-state index is 5.94. The minimum atomic E-state index is 0.120. The number of aromatic nitrogens is 4. The molecule has 1 unspecified atom stereocenters. The van der Waals surface area contributed by atoms with Crippen molar-refractivity contribution in [2.45, 2.75) is 26.8 Å². The summed E-state index contributed by atoms with van der Waals surface area (Å²) in [6.45, 7) is 6.12. The van der Waals surface area contributed by atoms with Crippen molar-refractivity contribution >= 4 is 34.5 Å². The van der Waals surface area contributed by atoms with Crippen LogP contribution < -0.4 is 5.32 Å². The van der Waals surface area contributed by atoms with E-state index in [1.54, 1.807) is 28.1 Å². The van der Waals surface area contributed by atoms with Gasteiger partial charge in [0.1, 0.15) is 0 Å². The fraction of sp³-hybridized carbons (Fsp3) is 0.308. The average Bonchev–Trinajstić information content (AvgIpc) is 2.91. The van der Waals surface area contributed by atoms with E-state index in [0.717, 1.165) is 16.3 Å². The number of rotatable bonds is 3. The van der Waals surface area contributed by atoms with E-state index in [0.29, 0.717) is 11.0 Å². The van der Waals surface area contributed by atoms with E-state index in [2.05, 4.69) is 27.3 Å². The largest absolute Gasteiger partial charge is 0.346 e. The summed E-state index contributed by atoms with van der Waals surface area (Å²) >= 11 is 7.63. The molecule has 3 aromatic heterocycles. The maximum Gasteiger partial charge on any atom is 0.243 e. The van der Waals surface area contributed by atoms with Gasteiger partial charge in [0.25, 0.3) is 0 Å². The molecule has 0 aliphatic heterocycles. The maximum atomic E-state index is 5.94. The van der Waals surface area contributed by atoms with Crippen LogP contribution >= 0.6 is 22.9 Å². The van der Waals surface area contributed by atoms with Gasteiger partial charge < -0.3 is 5.32 Å². The van der Waals surface area contributed by atoms with Crippen LogP contribution in [-0.2, 0) is 0 Å². The highest BCUT2D eigenvalue weighted by atomic mass is 35.5. The van der Waals surface area contributed by atoms with Gasteiger partial charge in [-0.25, -0.2) is 9.50 Å². The van der Waals surface area contributed by atoms with E-state index in [4.69, 9.17) is 11.6 Å². The van der Waals surface area contributed by atoms with Crippen LogP contribution in [-0.4, -0.2) is 19.6 Å². The standard InChI is InChI=1S/C13H14ClN5S/c1-7-12(20-9(3)15-7)8(2)16-13-17-11-5-4-10(14)6-19(11)18-13/h4-6,8H,1-3H3,(H,16,18). The molecule has 3 rings (SSSR count). The molecule has 7 heteroatoms. The van der Waals surface area contributed by atoms with Crippen molar-refractivity contribution in [3.8, 4) is 0 Å². The molecule has 1 atom stereocenters. The van der Waals surface area contributed by atoms with Gasteiger partial charge in [-0.2, -0.15) is 4.98 Å². The summed E-state index contributed by atoms with van der Waals surface area (Å²) in [7, 11) is 0. The summed E-state index contributed by atoms with van der Waals surface area (Å²) in [6, 6.07) is 3.76. The normalized spacial score (nSPS) is 12.8. The zero-order valence-corrected chi connectivity index (χ0v) is 13.0. The molecule has 0 saturated heterocycles.